The third kappa shape index (κ3) is 3.65. The summed E-state index contributed by atoms with van der Waals surface area (Å²) in [6.07, 6.45) is 0.483. The molecule has 0 aliphatic carbocycles. The Morgan fingerprint density at radius 3 is 2.62 bits per heavy atom. The average Bonchev–Trinajstić information content (AvgIpc) is 2.45. The number of carboxylic acid groups (broad SMARTS) is 1. The highest BCUT2D eigenvalue weighted by atomic mass is 16.4. The van der Waals surface area contributed by atoms with Crippen LogP contribution >= 0.6 is 0 Å². The molecule has 2 rings (SSSR count). The maximum atomic E-state index is 12.4. The molecular formula is C15H21N3O3. The summed E-state index contributed by atoms with van der Waals surface area (Å²) in [5.74, 6) is -0.846. The molecule has 1 heterocycles. The van der Waals surface area contributed by atoms with Gasteiger partial charge in [-0.15, -0.1) is 0 Å². The normalized spacial score (nSPS) is 15.3. The van der Waals surface area contributed by atoms with Crippen molar-refractivity contribution in [3.63, 3.8) is 0 Å². The lowest BCUT2D eigenvalue weighted by Crippen LogP contribution is -2.49. The number of nitrogens with zero attached hydrogens (tertiary/aromatic N) is 2. The van der Waals surface area contributed by atoms with Crippen molar-refractivity contribution < 1.29 is 14.7 Å². The predicted octanol–water partition coefficient (Wildman–Crippen LogP) is 1.91. The van der Waals surface area contributed by atoms with Gasteiger partial charge in [0.1, 0.15) is 0 Å². The van der Waals surface area contributed by atoms with E-state index >= 15 is 0 Å². The second-order valence-corrected chi connectivity index (χ2v) is 5.34. The van der Waals surface area contributed by atoms with Gasteiger partial charge in [0.25, 0.3) is 0 Å². The summed E-state index contributed by atoms with van der Waals surface area (Å²) in [5, 5.41) is 11.5. The van der Waals surface area contributed by atoms with Crippen molar-refractivity contribution in [3.05, 3.63) is 24.3 Å². The molecule has 0 radical (unpaired) electrons. The second kappa shape index (κ2) is 6.47. The number of likely N-dealkylation sites (N-methyl/N-ethyl adjacent to an activating group) is 1. The summed E-state index contributed by atoms with van der Waals surface area (Å²) in [6, 6.07) is 7.43. The summed E-state index contributed by atoms with van der Waals surface area (Å²) >= 11 is 0. The molecule has 6 nitrogen and oxygen atoms in total. The van der Waals surface area contributed by atoms with E-state index in [1.165, 1.54) is 0 Å². The molecule has 0 fully saturated rings. The molecule has 0 saturated heterocycles. The van der Waals surface area contributed by atoms with E-state index in [-0.39, 0.29) is 18.5 Å². The van der Waals surface area contributed by atoms with Gasteiger partial charge in [-0.1, -0.05) is 12.1 Å². The Kier molecular flexibility index (Phi) is 4.67. The van der Waals surface area contributed by atoms with Crippen molar-refractivity contribution in [1.29, 1.82) is 0 Å². The largest absolute Gasteiger partial charge is 0.481 e. The third-order valence-corrected chi connectivity index (χ3v) is 3.65. The Labute approximate surface area is 124 Å². The van der Waals surface area contributed by atoms with Gasteiger partial charge in [-0.2, -0.15) is 0 Å². The Morgan fingerprint density at radius 1 is 1.29 bits per heavy atom. The van der Waals surface area contributed by atoms with E-state index in [9.17, 15) is 9.59 Å². The topological polar surface area (TPSA) is 72.9 Å². The van der Waals surface area contributed by atoms with Crippen molar-refractivity contribution in [2.24, 2.45) is 0 Å². The fourth-order valence-electron chi connectivity index (χ4n) is 2.42. The molecule has 2 N–H and O–H groups in total. The van der Waals surface area contributed by atoms with E-state index in [4.69, 9.17) is 5.11 Å². The first kappa shape index (κ1) is 15.2. The van der Waals surface area contributed by atoms with Crippen molar-refractivity contribution in [1.82, 2.24) is 5.32 Å². The van der Waals surface area contributed by atoms with Gasteiger partial charge in [0.15, 0.2) is 0 Å². The number of aliphatic carboxylic acids is 1. The number of hydrogen-bond acceptors (Lipinski definition) is 3. The van der Waals surface area contributed by atoms with Crippen LogP contribution in [-0.4, -0.2) is 43.3 Å². The molecule has 1 aliphatic rings. The fraction of sp³-hybridized carbons (Fsp3) is 0.467. The summed E-state index contributed by atoms with van der Waals surface area (Å²) in [6.45, 7) is 3.21. The van der Waals surface area contributed by atoms with E-state index in [0.29, 0.717) is 13.0 Å². The highest BCUT2D eigenvalue weighted by Gasteiger charge is 2.25. The number of anilines is 2. The lowest BCUT2D eigenvalue weighted by Gasteiger charge is -2.36. The summed E-state index contributed by atoms with van der Waals surface area (Å²) in [5.41, 5.74) is 1.91. The van der Waals surface area contributed by atoms with Gasteiger partial charge < -0.3 is 15.3 Å². The first-order chi connectivity index (χ1) is 9.99. The van der Waals surface area contributed by atoms with E-state index in [2.05, 4.69) is 10.2 Å². The monoisotopic (exact) mass is 291 g/mol. The third-order valence-electron chi connectivity index (χ3n) is 3.65. The van der Waals surface area contributed by atoms with Crippen molar-refractivity contribution in [3.8, 4) is 0 Å². The molecule has 1 atom stereocenters. The number of hydrogen-bond donors (Lipinski definition) is 2. The predicted molar refractivity (Wildman–Crippen MR) is 81.9 cm³/mol. The Bertz CT molecular complexity index is 533. The first-order valence-electron chi connectivity index (χ1n) is 7.09. The van der Waals surface area contributed by atoms with Gasteiger partial charge in [-0.05, 0) is 25.5 Å². The SMILES string of the molecule is CC(CCC(=O)O)NC(=O)N1CCN(C)c2ccccc21. The van der Waals surface area contributed by atoms with E-state index in [0.717, 1.165) is 17.9 Å². The number of fused-ring (bicyclic) bond motifs is 1. The zero-order valence-corrected chi connectivity index (χ0v) is 12.4. The van der Waals surface area contributed by atoms with Crippen LogP contribution in [0.3, 0.4) is 0 Å². The zero-order chi connectivity index (χ0) is 15.4. The maximum Gasteiger partial charge on any atom is 0.322 e. The van der Waals surface area contributed by atoms with Crippen molar-refractivity contribution in [2.75, 3.05) is 29.9 Å². The Balaban J connectivity index is 2.03. The molecule has 0 aromatic heterocycles. The Hall–Kier alpha value is -2.24. The molecule has 0 saturated carbocycles. The molecular weight excluding hydrogens is 270 g/mol. The number of carbonyl (C=O) groups excluding carboxylic acids is 1. The van der Waals surface area contributed by atoms with Gasteiger partial charge in [-0.25, -0.2) is 4.79 Å². The lowest BCUT2D eigenvalue weighted by molar-refractivity contribution is -0.137. The summed E-state index contributed by atoms with van der Waals surface area (Å²) in [7, 11) is 2.00. The molecule has 2 amide bonds. The van der Waals surface area contributed by atoms with Crippen LogP contribution in [0.5, 0.6) is 0 Å². The molecule has 0 spiro atoms. The number of carbonyl (C=O) groups is 2. The zero-order valence-electron chi connectivity index (χ0n) is 12.4. The van der Waals surface area contributed by atoms with Crippen LogP contribution in [0.1, 0.15) is 19.8 Å². The lowest BCUT2D eigenvalue weighted by atomic mass is 10.1. The molecule has 114 valence electrons. The number of carboxylic acids is 1. The number of nitrogens with one attached hydrogen (secondary N) is 1. The van der Waals surface area contributed by atoms with Gasteiger partial charge in [-0.3, -0.25) is 9.69 Å². The number of para-hydroxylation sites is 2. The number of benzene rings is 1. The fourth-order valence-corrected chi connectivity index (χ4v) is 2.42. The molecule has 21 heavy (non-hydrogen) atoms. The smallest absolute Gasteiger partial charge is 0.322 e. The van der Waals surface area contributed by atoms with Crippen LogP contribution in [0.4, 0.5) is 16.2 Å². The van der Waals surface area contributed by atoms with E-state index in [1.54, 1.807) is 4.90 Å². The Morgan fingerprint density at radius 2 is 1.95 bits per heavy atom. The quantitative estimate of drug-likeness (QED) is 0.888. The minimum atomic E-state index is -0.846. The minimum Gasteiger partial charge on any atom is -0.481 e. The average molecular weight is 291 g/mol. The van der Waals surface area contributed by atoms with Crippen LogP contribution in [0, 0.1) is 0 Å². The maximum absolute atomic E-state index is 12.4. The summed E-state index contributed by atoms with van der Waals surface area (Å²) in [4.78, 5) is 26.8. The molecule has 1 aromatic carbocycles. The van der Waals surface area contributed by atoms with E-state index < -0.39 is 5.97 Å². The van der Waals surface area contributed by atoms with Crippen LogP contribution in [-0.2, 0) is 4.79 Å². The van der Waals surface area contributed by atoms with Crippen LogP contribution in [0.2, 0.25) is 0 Å². The minimum absolute atomic E-state index is 0.0563. The van der Waals surface area contributed by atoms with Gasteiger partial charge >= 0.3 is 12.0 Å². The van der Waals surface area contributed by atoms with Gasteiger partial charge in [0.2, 0.25) is 0 Å². The summed E-state index contributed by atoms with van der Waals surface area (Å²) < 4.78 is 0. The molecule has 1 unspecified atom stereocenters. The van der Waals surface area contributed by atoms with Crippen LogP contribution < -0.4 is 15.1 Å². The van der Waals surface area contributed by atoms with Crippen molar-refractivity contribution in [2.45, 2.75) is 25.8 Å². The standard InChI is InChI=1S/C15H21N3O3/c1-11(7-8-14(19)20)16-15(21)18-10-9-17(2)12-5-3-4-6-13(12)18/h3-6,11H,7-10H2,1-2H3,(H,16,21)(H,19,20). The van der Waals surface area contributed by atoms with Crippen LogP contribution in [0.25, 0.3) is 0 Å². The molecule has 1 aliphatic heterocycles. The van der Waals surface area contributed by atoms with Gasteiger partial charge in [0, 0.05) is 32.6 Å². The molecule has 0 bridgehead atoms. The number of urea groups is 1. The van der Waals surface area contributed by atoms with E-state index in [1.807, 2.05) is 38.2 Å². The molecule has 1 aromatic rings. The number of rotatable bonds is 4. The van der Waals surface area contributed by atoms with Crippen LogP contribution in [0.15, 0.2) is 24.3 Å². The first-order valence-corrected chi connectivity index (χ1v) is 7.09. The van der Waals surface area contributed by atoms with Crippen molar-refractivity contribution >= 4 is 23.4 Å². The number of amides is 2. The molecule has 6 heteroatoms. The van der Waals surface area contributed by atoms with Gasteiger partial charge in [0.05, 0.1) is 11.4 Å². The second-order valence-electron chi connectivity index (χ2n) is 5.34. The highest BCUT2D eigenvalue weighted by molar-refractivity contribution is 5.96. The highest BCUT2D eigenvalue weighted by Crippen LogP contribution is 2.31.